The molecule has 0 spiro atoms. The molecule has 0 saturated heterocycles. The summed E-state index contributed by atoms with van der Waals surface area (Å²) >= 11 is 8.29. The second-order valence-corrected chi connectivity index (χ2v) is 7.24. The molecule has 2 N–H and O–H groups in total. The van der Waals surface area contributed by atoms with Gasteiger partial charge in [0.15, 0.2) is 0 Å². The van der Waals surface area contributed by atoms with Crippen LogP contribution in [-0.2, 0) is 12.2 Å². The summed E-state index contributed by atoms with van der Waals surface area (Å²) in [5.41, 5.74) is 9.91. The normalized spacial score (nSPS) is 25.1. The van der Waals surface area contributed by atoms with Crippen LogP contribution >= 0.6 is 23.4 Å². The molecule has 0 saturated carbocycles. The molecule has 2 aliphatic rings. The molecule has 4 heteroatoms. The highest BCUT2D eigenvalue weighted by atomic mass is 35.5. The van der Waals surface area contributed by atoms with Gasteiger partial charge < -0.3 is 10.5 Å². The molecule has 0 radical (unpaired) electrons. The van der Waals surface area contributed by atoms with Crippen LogP contribution < -0.4 is 10.5 Å². The summed E-state index contributed by atoms with van der Waals surface area (Å²) < 4.78 is 5.77. The highest BCUT2D eigenvalue weighted by molar-refractivity contribution is 8.00. The van der Waals surface area contributed by atoms with Crippen molar-refractivity contribution in [1.82, 2.24) is 0 Å². The molecule has 0 amide bonds. The third kappa shape index (κ3) is 1.67. The second kappa shape index (κ2) is 3.81. The van der Waals surface area contributed by atoms with Crippen LogP contribution in [0, 0.1) is 0 Å². The Morgan fingerprint density at radius 1 is 1.53 bits per heavy atom. The molecule has 1 atom stereocenters. The minimum absolute atomic E-state index is 0.0294. The topological polar surface area (TPSA) is 35.2 Å². The van der Waals surface area contributed by atoms with E-state index in [1.807, 2.05) is 17.8 Å². The van der Waals surface area contributed by atoms with Gasteiger partial charge in [-0.2, -0.15) is 0 Å². The van der Waals surface area contributed by atoms with Crippen molar-refractivity contribution in [3.8, 4) is 5.75 Å². The summed E-state index contributed by atoms with van der Waals surface area (Å²) in [6.45, 7) is 5.12. The Hall–Kier alpha value is -0.380. The van der Waals surface area contributed by atoms with Gasteiger partial charge in [-0.05, 0) is 31.0 Å². The van der Waals surface area contributed by atoms with Gasteiger partial charge in [-0.3, -0.25) is 0 Å². The molecule has 0 bridgehead atoms. The van der Waals surface area contributed by atoms with Gasteiger partial charge in [-0.15, -0.1) is 11.8 Å². The van der Waals surface area contributed by atoms with Crippen LogP contribution in [-0.4, -0.2) is 11.4 Å². The Morgan fingerprint density at radius 2 is 2.29 bits per heavy atom. The average Bonchev–Trinajstić information content (AvgIpc) is 2.70. The minimum Gasteiger partial charge on any atom is -0.493 e. The van der Waals surface area contributed by atoms with Crippen LogP contribution in [0.5, 0.6) is 5.75 Å². The molecular formula is C13H16ClNOS. The maximum Gasteiger partial charge on any atom is 0.127 e. The van der Waals surface area contributed by atoms with Crippen molar-refractivity contribution >= 4 is 23.4 Å². The zero-order chi connectivity index (χ0) is 12.2. The zero-order valence-corrected chi connectivity index (χ0v) is 11.6. The maximum atomic E-state index is 6.40. The van der Waals surface area contributed by atoms with Crippen molar-refractivity contribution in [1.29, 1.82) is 0 Å². The first-order chi connectivity index (χ1) is 8.00. The monoisotopic (exact) mass is 269 g/mol. The van der Waals surface area contributed by atoms with Crippen LogP contribution in [0.1, 0.15) is 36.6 Å². The molecule has 2 aliphatic heterocycles. The fourth-order valence-corrected chi connectivity index (χ4v) is 4.02. The van der Waals surface area contributed by atoms with Gasteiger partial charge in [0, 0.05) is 33.5 Å². The van der Waals surface area contributed by atoms with E-state index in [-0.39, 0.29) is 10.8 Å². The first kappa shape index (κ1) is 11.7. The van der Waals surface area contributed by atoms with Gasteiger partial charge in [0.1, 0.15) is 5.75 Å². The van der Waals surface area contributed by atoms with E-state index in [2.05, 4.69) is 13.8 Å². The Kier molecular flexibility index (Phi) is 2.62. The number of nitrogens with two attached hydrogens (primary N) is 1. The quantitative estimate of drug-likeness (QED) is 0.785. The van der Waals surface area contributed by atoms with E-state index in [9.17, 15) is 0 Å². The SMILES string of the molecule is CC1(C)SCc2c3c(cc(Cl)c2C1N)CCO3. The van der Waals surface area contributed by atoms with Crippen molar-refractivity contribution in [3.63, 3.8) is 0 Å². The van der Waals surface area contributed by atoms with E-state index in [0.717, 1.165) is 35.1 Å². The predicted octanol–water partition coefficient (Wildman–Crippen LogP) is 3.30. The Balaban J connectivity index is 2.21. The Morgan fingerprint density at radius 3 is 3.06 bits per heavy atom. The second-order valence-electron chi connectivity index (χ2n) is 5.21. The summed E-state index contributed by atoms with van der Waals surface area (Å²) in [6, 6.07) is 2.01. The number of hydrogen-bond donors (Lipinski definition) is 1. The molecule has 3 rings (SSSR count). The van der Waals surface area contributed by atoms with Gasteiger partial charge in [-0.25, -0.2) is 0 Å². The largest absolute Gasteiger partial charge is 0.493 e. The summed E-state index contributed by atoms with van der Waals surface area (Å²) in [5.74, 6) is 1.99. The molecule has 0 aliphatic carbocycles. The lowest BCUT2D eigenvalue weighted by molar-refractivity contribution is 0.353. The Bertz CT molecular complexity index is 487. The molecule has 1 aromatic rings. The maximum absolute atomic E-state index is 6.40. The molecule has 2 nitrogen and oxygen atoms in total. The third-order valence-corrected chi connectivity index (χ3v) is 5.46. The van der Waals surface area contributed by atoms with Gasteiger partial charge in [0.2, 0.25) is 0 Å². The van der Waals surface area contributed by atoms with Gasteiger partial charge in [0.05, 0.1) is 6.61 Å². The van der Waals surface area contributed by atoms with E-state index in [1.165, 1.54) is 11.1 Å². The zero-order valence-electron chi connectivity index (χ0n) is 10.0. The van der Waals surface area contributed by atoms with Crippen LogP contribution in [0.2, 0.25) is 5.02 Å². The van der Waals surface area contributed by atoms with Crippen molar-refractivity contribution in [3.05, 3.63) is 27.8 Å². The first-order valence-electron chi connectivity index (χ1n) is 5.87. The van der Waals surface area contributed by atoms with Crippen LogP contribution in [0.15, 0.2) is 6.07 Å². The lowest BCUT2D eigenvalue weighted by Crippen LogP contribution is -2.36. The first-order valence-corrected chi connectivity index (χ1v) is 7.23. The average molecular weight is 270 g/mol. The molecule has 1 aromatic carbocycles. The van der Waals surface area contributed by atoms with Gasteiger partial charge in [0.25, 0.3) is 0 Å². The molecule has 0 aromatic heterocycles. The molecule has 2 heterocycles. The third-order valence-electron chi connectivity index (χ3n) is 3.72. The van der Waals surface area contributed by atoms with Crippen LogP contribution in [0.4, 0.5) is 0 Å². The van der Waals surface area contributed by atoms with E-state index in [1.54, 1.807) is 0 Å². The van der Waals surface area contributed by atoms with Crippen molar-refractivity contribution in [2.75, 3.05) is 6.61 Å². The minimum atomic E-state index is -0.0294. The van der Waals surface area contributed by atoms with Gasteiger partial charge >= 0.3 is 0 Å². The van der Waals surface area contributed by atoms with Crippen molar-refractivity contribution in [2.24, 2.45) is 5.73 Å². The molecule has 1 unspecified atom stereocenters. The fraction of sp³-hybridized carbons (Fsp3) is 0.538. The molecular weight excluding hydrogens is 254 g/mol. The lowest BCUT2D eigenvalue weighted by Gasteiger charge is -2.38. The Labute approximate surface area is 111 Å². The predicted molar refractivity (Wildman–Crippen MR) is 73.0 cm³/mol. The molecule has 0 fully saturated rings. The number of halogens is 1. The summed E-state index contributed by atoms with van der Waals surface area (Å²) in [4.78, 5) is 0. The van der Waals surface area contributed by atoms with E-state index < -0.39 is 0 Å². The van der Waals surface area contributed by atoms with Gasteiger partial charge in [-0.1, -0.05) is 11.6 Å². The highest BCUT2D eigenvalue weighted by Crippen LogP contribution is 2.51. The molecule has 92 valence electrons. The van der Waals surface area contributed by atoms with Crippen LogP contribution in [0.3, 0.4) is 0 Å². The summed E-state index contributed by atoms with van der Waals surface area (Å²) in [6.07, 6.45) is 0.964. The van der Waals surface area contributed by atoms with E-state index >= 15 is 0 Å². The highest BCUT2D eigenvalue weighted by Gasteiger charge is 2.38. The van der Waals surface area contributed by atoms with E-state index in [4.69, 9.17) is 22.1 Å². The number of fused-ring (bicyclic) bond motifs is 3. The van der Waals surface area contributed by atoms with Crippen LogP contribution in [0.25, 0.3) is 0 Å². The summed E-state index contributed by atoms with van der Waals surface area (Å²) in [5, 5.41) is 0.810. The summed E-state index contributed by atoms with van der Waals surface area (Å²) in [7, 11) is 0. The van der Waals surface area contributed by atoms with Crippen molar-refractivity contribution in [2.45, 2.75) is 36.8 Å². The number of benzene rings is 1. The number of rotatable bonds is 0. The number of thioether (sulfide) groups is 1. The van der Waals surface area contributed by atoms with E-state index in [0.29, 0.717) is 0 Å². The smallest absolute Gasteiger partial charge is 0.127 e. The number of hydrogen-bond acceptors (Lipinski definition) is 3. The fourth-order valence-electron chi connectivity index (χ4n) is 2.56. The lowest BCUT2D eigenvalue weighted by atomic mass is 9.90. The van der Waals surface area contributed by atoms with Crippen molar-refractivity contribution < 1.29 is 4.74 Å². The number of ether oxygens (including phenoxy) is 1. The molecule has 17 heavy (non-hydrogen) atoms. The standard InChI is InChI=1S/C13H16ClNOS/c1-13(2)12(15)10-8(6-17-13)11-7(3-4-16-11)5-9(10)14/h5,12H,3-4,6,15H2,1-2H3.